The first-order chi connectivity index (χ1) is 48.3. The van der Waals surface area contributed by atoms with Crippen LogP contribution in [0.5, 0.6) is 0 Å². The molecule has 34 heteroatoms. The Hall–Kier alpha value is -7.60. The number of carbonyl (C=O) groups is 13. The molecule has 4 aliphatic heterocycles. The maximum atomic E-state index is 14.9. The summed E-state index contributed by atoms with van der Waals surface area (Å²) in [5, 5.41) is 57.1. The molecule has 0 aliphatic carbocycles. The minimum absolute atomic E-state index is 0.0589. The molecule has 31 nitrogen and oxygen atoms in total. The first kappa shape index (κ1) is 82.4. The molecule has 101 heavy (non-hydrogen) atoms. The second kappa shape index (κ2) is 42.7. The van der Waals surface area contributed by atoms with E-state index in [1.807, 2.05) is 30.0 Å². The van der Waals surface area contributed by atoms with E-state index < -0.39 is 126 Å². The van der Waals surface area contributed by atoms with Crippen LogP contribution >= 0.6 is 35.3 Å². The summed E-state index contributed by atoms with van der Waals surface area (Å²) in [5.74, 6) is -8.82. The number of carboxylic acids is 3. The van der Waals surface area contributed by atoms with Crippen molar-refractivity contribution in [3.8, 4) is 0 Å². The fourth-order valence-corrected chi connectivity index (χ4v) is 15.2. The van der Waals surface area contributed by atoms with Gasteiger partial charge in [0.15, 0.2) is 0 Å². The standard InChI is InChI=1S/C67H100N14O17S3/c1-3-4-6-15-56(85)71-50-41-100-39-46-30-45(38-99-29-18-70-57(86)35-77-23-27-78(36-58(87)88)25-21-76(34-55(69)84)22-26-79(28-24-77)37-59(89)90)31-47(32-46)40-101-42-51(67(97)98)74-62(92)49(33-44-11-7-5-8-12-44)73-61(91)48(16-17-54(68)83)72-64(94)60(43(2)82)75-63(93)52-13-9-19-80(52)66(96)53-14-10-20-81(53)65(50)95/h5,7-8,11-12,30-32,43,48-53,60,82H,3-4,6,9-10,13-29,33-42H2,1-2H3,(H2,68,83)(H2,69,84)(H,70,86)(H,71,85)(H,72,94)(H,73,91)(H,74,92)(H,75,93)(H,87,88)(H,89,90)(H,97,98)/t43-,48+,49+,50+,51?,52+,53+,60+/m1/s1. The van der Waals surface area contributed by atoms with Crippen LogP contribution in [0.25, 0.3) is 0 Å². The second-order valence-electron chi connectivity index (χ2n) is 25.8. The number of carboxylic acid groups (broad SMARTS) is 3. The molecule has 14 N–H and O–H groups in total. The number of carbonyl (C=O) groups excluding carboxylic acids is 10. The van der Waals surface area contributed by atoms with Gasteiger partial charge in [-0.25, -0.2) is 4.79 Å². The van der Waals surface area contributed by atoms with E-state index in [4.69, 9.17) is 11.5 Å². The molecule has 0 radical (unpaired) electrons. The van der Waals surface area contributed by atoms with Gasteiger partial charge in [0.2, 0.25) is 59.1 Å². The van der Waals surface area contributed by atoms with Gasteiger partial charge >= 0.3 is 17.9 Å². The van der Waals surface area contributed by atoms with Gasteiger partial charge < -0.3 is 73.6 Å². The molecule has 1 unspecified atom stereocenters. The fourth-order valence-electron chi connectivity index (χ4n) is 12.4. The third kappa shape index (κ3) is 28.6. The molecular weight excluding hydrogens is 1370 g/mol. The Morgan fingerprint density at radius 1 is 0.604 bits per heavy atom. The zero-order valence-corrected chi connectivity index (χ0v) is 60.0. The number of nitrogens with zero attached hydrogens (tertiary/aromatic N) is 6. The summed E-state index contributed by atoms with van der Waals surface area (Å²) < 4.78 is 0. The molecule has 0 aromatic heterocycles. The molecule has 0 saturated carbocycles. The van der Waals surface area contributed by atoms with Crippen LogP contribution in [0.2, 0.25) is 0 Å². The molecule has 8 atom stereocenters. The largest absolute Gasteiger partial charge is 0.480 e. The van der Waals surface area contributed by atoms with E-state index in [9.17, 15) is 82.8 Å². The molecule has 3 saturated heterocycles. The van der Waals surface area contributed by atoms with Crippen LogP contribution in [0.15, 0.2) is 48.5 Å². The minimum atomic E-state index is -1.71. The number of hydrogen-bond donors (Lipinski definition) is 12. The van der Waals surface area contributed by atoms with E-state index >= 15 is 0 Å². The number of fused-ring (bicyclic) bond motifs is 4. The molecule has 2 aromatic carbocycles. The number of rotatable bonds is 25. The summed E-state index contributed by atoms with van der Waals surface area (Å²) in [6, 6.07) is 4.94. The average molecular weight is 1470 g/mol. The number of aliphatic hydroxyl groups excluding tert-OH is 1. The lowest BCUT2D eigenvalue weighted by atomic mass is 10.0. The van der Waals surface area contributed by atoms with Crippen molar-refractivity contribution in [2.45, 2.75) is 150 Å². The highest BCUT2D eigenvalue weighted by atomic mass is 32.2. The number of primary amides is 2. The van der Waals surface area contributed by atoms with Crippen molar-refractivity contribution in [3.63, 3.8) is 0 Å². The second-order valence-corrected chi connectivity index (χ2v) is 29.0. The summed E-state index contributed by atoms with van der Waals surface area (Å²) in [7, 11) is 0. The Morgan fingerprint density at radius 3 is 1.72 bits per heavy atom. The maximum absolute atomic E-state index is 14.9. The van der Waals surface area contributed by atoms with Crippen molar-refractivity contribution in [1.82, 2.24) is 61.3 Å². The Labute approximate surface area is 601 Å². The van der Waals surface area contributed by atoms with Crippen molar-refractivity contribution in [1.29, 1.82) is 0 Å². The molecule has 6 rings (SSSR count). The SMILES string of the molecule is CCCCCC(=O)N[C@H]1CSCc2cc(CSCCNC(=O)CN3CCN(CC(=O)O)CCN(CC(N)=O)CCN(CC(=O)O)CC3)cc(c2)CSCC(C(=O)O)NC(=O)[C@H](Cc2ccccc2)NC(=O)[C@H](CCC(N)=O)NC(=O)[C@H]([C@@H](C)O)NC(=O)[C@@H]2CCCN2C(=O)[C@@H]2CCCN2C1=O. The number of unbranched alkanes of at least 4 members (excludes halogenated alkanes) is 2. The van der Waals surface area contributed by atoms with Crippen LogP contribution < -0.4 is 43.4 Å². The number of aliphatic carboxylic acids is 3. The summed E-state index contributed by atoms with van der Waals surface area (Å²) in [6.45, 7) is 5.37. The number of nitrogens with one attached hydrogen (secondary N) is 6. The van der Waals surface area contributed by atoms with Crippen LogP contribution in [0.3, 0.4) is 0 Å². The van der Waals surface area contributed by atoms with Crippen LogP contribution in [0.4, 0.5) is 0 Å². The van der Waals surface area contributed by atoms with E-state index in [1.54, 1.807) is 45.0 Å². The van der Waals surface area contributed by atoms with Crippen molar-refractivity contribution in [3.05, 3.63) is 70.8 Å². The lowest BCUT2D eigenvalue weighted by Gasteiger charge is -2.33. The lowest BCUT2D eigenvalue weighted by molar-refractivity contribution is -0.148. The summed E-state index contributed by atoms with van der Waals surface area (Å²) >= 11 is 4.11. The van der Waals surface area contributed by atoms with E-state index in [0.717, 1.165) is 29.5 Å². The molecule has 10 amide bonds. The van der Waals surface area contributed by atoms with E-state index in [1.165, 1.54) is 52.0 Å². The first-order valence-corrected chi connectivity index (χ1v) is 37.8. The Kier molecular flexibility index (Phi) is 34.8. The normalized spacial score (nSPS) is 23.4. The molecule has 4 heterocycles. The van der Waals surface area contributed by atoms with Crippen molar-refractivity contribution in [2.24, 2.45) is 11.5 Å². The minimum Gasteiger partial charge on any atom is -0.480 e. The first-order valence-electron chi connectivity index (χ1n) is 34.3. The number of aliphatic hydroxyl groups is 1. The number of nitrogens with two attached hydrogens (primary N) is 2. The highest BCUT2D eigenvalue weighted by molar-refractivity contribution is 7.99. The van der Waals surface area contributed by atoms with Gasteiger partial charge in [0.25, 0.3) is 0 Å². The topological polar surface area (TPSA) is 446 Å². The van der Waals surface area contributed by atoms with Crippen molar-refractivity contribution >= 4 is 112 Å². The zero-order chi connectivity index (χ0) is 73.5. The van der Waals surface area contributed by atoms with Gasteiger partial charge in [-0.2, -0.15) is 35.3 Å². The molecule has 2 bridgehead atoms. The van der Waals surface area contributed by atoms with Gasteiger partial charge in [0.1, 0.15) is 42.3 Å². The highest BCUT2D eigenvalue weighted by Gasteiger charge is 2.45. The van der Waals surface area contributed by atoms with Crippen molar-refractivity contribution in [2.75, 3.05) is 115 Å². The molecule has 558 valence electrons. The third-order valence-corrected chi connectivity index (χ3v) is 20.9. The molecule has 3 fully saturated rings. The predicted octanol–water partition coefficient (Wildman–Crippen LogP) is -1.65. The molecule has 0 spiro atoms. The Balaban J connectivity index is 1.26. The van der Waals surface area contributed by atoms with Gasteiger partial charge in [0.05, 0.1) is 32.3 Å². The molecular formula is C67H100N14O17S3. The Morgan fingerprint density at radius 2 is 1.16 bits per heavy atom. The smallest absolute Gasteiger partial charge is 0.327 e. The number of thioether (sulfide) groups is 3. The molecule has 4 aliphatic rings. The lowest BCUT2D eigenvalue weighted by Crippen LogP contribution is -2.61. The number of benzene rings is 2. The van der Waals surface area contributed by atoms with Crippen LogP contribution in [0.1, 0.15) is 100 Å². The van der Waals surface area contributed by atoms with Crippen LogP contribution in [-0.4, -0.2) is 291 Å². The molecule has 2 aromatic rings. The van der Waals surface area contributed by atoms with Crippen LogP contribution in [-0.2, 0) is 86.0 Å². The van der Waals surface area contributed by atoms with E-state index in [-0.39, 0.29) is 140 Å². The van der Waals surface area contributed by atoms with Crippen molar-refractivity contribution < 1.29 is 82.8 Å². The van der Waals surface area contributed by atoms with E-state index in [2.05, 4.69) is 31.9 Å². The van der Waals surface area contributed by atoms with E-state index in [0.29, 0.717) is 55.2 Å². The number of amides is 10. The monoisotopic (exact) mass is 1470 g/mol. The summed E-state index contributed by atoms with van der Waals surface area (Å²) in [5.41, 5.74) is 14.0. The summed E-state index contributed by atoms with van der Waals surface area (Å²) in [6.07, 6.45) is 1.09. The third-order valence-electron chi connectivity index (χ3n) is 17.7. The summed E-state index contributed by atoms with van der Waals surface area (Å²) in [4.78, 5) is 185. The fraction of sp³-hybridized carbons (Fsp3) is 0.627. The average Bonchev–Trinajstić information content (AvgIpc) is 1.72. The van der Waals surface area contributed by atoms with Crippen LogP contribution in [0, 0.1) is 0 Å². The Bertz CT molecular complexity index is 3150. The predicted molar refractivity (Wildman–Crippen MR) is 379 cm³/mol. The zero-order valence-electron chi connectivity index (χ0n) is 57.5. The van der Waals surface area contributed by atoms with Gasteiger partial charge in [-0.05, 0) is 67.7 Å². The van der Waals surface area contributed by atoms with Gasteiger partial charge in [-0.1, -0.05) is 68.3 Å². The van der Waals surface area contributed by atoms with Gasteiger partial charge in [-0.15, -0.1) is 0 Å². The highest BCUT2D eigenvalue weighted by Crippen LogP contribution is 2.28. The quantitative estimate of drug-likeness (QED) is 0.0496. The number of hydrogen-bond acceptors (Lipinski definition) is 21. The van der Waals surface area contributed by atoms with Gasteiger partial charge in [-0.3, -0.25) is 77.1 Å². The maximum Gasteiger partial charge on any atom is 0.327 e. The van der Waals surface area contributed by atoms with Gasteiger partial charge in [0, 0.05) is 126 Å².